The number of fused-ring (bicyclic) bond motifs is 1. The molecule has 1 amide bonds. The van der Waals surface area contributed by atoms with Crippen molar-refractivity contribution < 1.29 is 19.1 Å². The zero-order chi connectivity index (χ0) is 25.7. The van der Waals surface area contributed by atoms with Gasteiger partial charge in [0.15, 0.2) is 6.29 Å². The lowest BCUT2D eigenvalue weighted by molar-refractivity contribution is 0.102. The Balaban J connectivity index is 1.71. The SMILES string of the molecule is COCCNc1cc(NC(=O)c2cn(C)c3cc(-c4ccccc4OC)c(C=O)nc23)ncc1C#N. The Morgan fingerprint density at radius 1 is 1.22 bits per heavy atom. The minimum atomic E-state index is -0.449. The van der Waals surface area contributed by atoms with Gasteiger partial charge in [-0.25, -0.2) is 9.97 Å². The number of carbonyl (C=O) groups excluding carboxylic acids is 2. The molecule has 3 aromatic heterocycles. The number of methoxy groups -OCH3 is 2. The van der Waals surface area contributed by atoms with Crippen molar-refractivity contribution in [1.29, 1.82) is 5.26 Å². The van der Waals surface area contributed by atoms with E-state index in [2.05, 4.69) is 26.7 Å². The second-order valence-electron chi connectivity index (χ2n) is 7.86. The van der Waals surface area contributed by atoms with E-state index in [-0.39, 0.29) is 17.1 Å². The van der Waals surface area contributed by atoms with Gasteiger partial charge in [0, 0.05) is 50.3 Å². The predicted octanol–water partition coefficient (Wildman–Crippen LogP) is 3.64. The van der Waals surface area contributed by atoms with Crippen molar-refractivity contribution in [2.24, 2.45) is 7.05 Å². The fourth-order valence-corrected chi connectivity index (χ4v) is 3.88. The summed E-state index contributed by atoms with van der Waals surface area (Å²) in [5, 5.41) is 15.2. The fourth-order valence-electron chi connectivity index (χ4n) is 3.88. The molecule has 4 aromatic rings. The number of nitrogens with zero attached hydrogens (tertiary/aromatic N) is 4. The third kappa shape index (κ3) is 4.73. The number of amides is 1. The second kappa shape index (κ2) is 10.7. The molecule has 182 valence electrons. The van der Waals surface area contributed by atoms with Crippen LogP contribution in [0.15, 0.2) is 48.8 Å². The first-order valence-electron chi connectivity index (χ1n) is 11.0. The Morgan fingerprint density at radius 2 is 2.03 bits per heavy atom. The van der Waals surface area contributed by atoms with E-state index < -0.39 is 5.91 Å². The molecule has 0 saturated heterocycles. The van der Waals surface area contributed by atoms with E-state index in [1.165, 1.54) is 6.20 Å². The maximum absolute atomic E-state index is 13.2. The number of pyridine rings is 2. The zero-order valence-electron chi connectivity index (χ0n) is 20.0. The number of aryl methyl sites for hydroxylation is 1. The smallest absolute Gasteiger partial charge is 0.260 e. The highest BCUT2D eigenvalue weighted by Crippen LogP contribution is 2.34. The Morgan fingerprint density at radius 3 is 2.75 bits per heavy atom. The summed E-state index contributed by atoms with van der Waals surface area (Å²) in [6.45, 7) is 0.936. The molecule has 10 nitrogen and oxygen atoms in total. The monoisotopic (exact) mass is 484 g/mol. The largest absolute Gasteiger partial charge is 0.496 e. The quantitative estimate of drug-likeness (QED) is 0.272. The predicted molar refractivity (Wildman–Crippen MR) is 135 cm³/mol. The van der Waals surface area contributed by atoms with Gasteiger partial charge >= 0.3 is 0 Å². The highest BCUT2D eigenvalue weighted by atomic mass is 16.5. The summed E-state index contributed by atoms with van der Waals surface area (Å²) in [6, 6.07) is 12.8. The molecule has 0 saturated carbocycles. The van der Waals surface area contributed by atoms with Gasteiger partial charge in [-0.1, -0.05) is 18.2 Å². The molecular weight excluding hydrogens is 460 g/mol. The van der Waals surface area contributed by atoms with E-state index in [0.29, 0.717) is 53.0 Å². The number of nitrogens with one attached hydrogen (secondary N) is 2. The zero-order valence-corrected chi connectivity index (χ0v) is 20.0. The van der Waals surface area contributed by atoms with Crippen molar-refractivity contribution in [3.05, 3.63) is 65.6 Å². The second-order valence-corrected chi connectivity index (χ2v) is 7.86. The highest BCUT2D eigenvalue weighted by Gasteiger charge is 2.20. The molecule has 10 heteroatoms. The van der Waals surface area contributed by atoms with Crippen LogP contribution in [0.2, 0.25) is 0 Å². The summed E-state index contributed by atoms with van der Waals surface area (Å²) in [4.78, 5) is 33.9. The topological polar surface area (TPSA) is 131 Å². The summed E-state index contributed by atoms with van der Waals surface area (Å²) in [6.07, 6.45) is 3.70. The van der Waals surface area contributed by atoms with Gasteiger partial charge in [0.1, 0.15) is 28.8 Å². The Labute approximate surface area is 207 Å². The van der Waals surface area contributed by atoms with Crippen LogP contribution in [0.5, 0.6) is 5.75 Å². The Kier molecular flexibility index (Phi) is 7.23. The third-order valence-electron chi connectivity index (χ3n) is 5.63. The molecule has 36 heavy (non-hydrogen) atoms. The van der Waals surface area contributed by atoms with E-state index in [0.717, 1.165) is 5.56 Å². The molecule has 1 aromatic carbocycles. The number of ether oxygens (including phenoxy) is 2. The standard InChI is InChI=1S/C26H24N6O4/c1-32-14-19(26(34)31-24-11-20(28-8-9-35-2)16(12-27)13-29-24)25-22(32)10-18(21(15-33)30-25)17-6-4-5-7-23(17)36-3/h4-7,10-11,13-15H,8-9H2,1-3H3,(H2,28,29,31,34). The Hall–Kier alpha value is -4.75. The van der Waals surface area contributed by atoms with Crippen molar-refractivity contribution >= 4 is 34.7 Å². The maximum Gasteiger partial charge on any atom is 0.260 e. The van der Waals surface area contributed by atoms with Gasteiger partial charge in [-0.15, -0.1) is 0 Å². The van der Waals surface area contributed by atoms with Gasteiger partial charge in [-0.05, 0) is 12.1 Å². The molecule has 0 fully saturated rings. The number of carbonyl (C=O) groups is 2. The number of anilines is 2. The van der Waals surface area contributed by atoms with Crippen LogP contribution in [0.4, 0.5) is 11.5 Å². The molecule has 0 unspecified atom stereocenters. The van der Waals surface area contributed by atoms with Gasteiger partial charge < -0.3 is 24.7 Å². The molecule has 0 aliphatic rings. The third-order valence-corrected chi connectivity index (χ3v) is 5.63. The average molecular weight is 485 g/mol. The fraction of sp³-hybridized carbons (Fsp3) is 0.192. The van der Waals surface area contributed by atoms with Crippen LogP contribution in [0.25, 0.3) is 22.2 Å². The van der Waals surface area contributed by atoms with Crippen molar-refractivity contribution in [2.45, 2.75) is 0 Å². The van der Waals surface area contributed by atoms with E-state index in [4.69, 9.17) is 9.47 Å². The first kappa shape index (κ1) is 24.4. The summed E-state index contributed by atoms with van der Waals surface area (Å²) in [7, 11) is 4.94. The molecule has 3 heterocycles. The first-order chi connectivity index (χ1) is 17.5. The lowest BCUT2D eigenvalue weighted by Crippen LogP contribution is -2.14. The number of aromatic nitrogens is 3. The number of nitriles is 1. The van der Waals surface area contributed by atoms with E-state index >= 15 is 0 Å². The molecule has 4 rings (SSSR count). The van der Waals surface area contributed by atoms with Crippen molar-refractivity contribution in [2.75, 3.05) is 38.0 Å². The minimum absolute atomic E-state index is 0.188. The summed E-state index contributed by atoms with van der Waals surface area (Å²) in [5.41, 5.74) is 3.71. The molecule has 0 atom stereocenters. The number of para-hydroxylation sites is 1. The molecule has 0 aliphatic carbocycles. The number of hydrogen-bond acceptors (Lipinski definition) is 8. The Bertz CT molecular complexity index is 1490. The first-order valence-corrected chi connectivity index (χ1v) is 11.0. The van der Waals surface area contributed by atoms with E-state index in [1.807, 2.05) is 24.3 Å². The van der Waals surface area contributed by atoms with Gasteiger partial charge in [0.2, 0.25) is 0 Å². The van der Waals surface area contributed by atoms with Gasteiger partial charge in [-0.3, -0.25) is 9.59 Å². The van der Waals surface area contributed by atoms with Crippen LogP contribution in [0, 0.1) is 11.3 Å². The van der Waals surface area contributed by atoms with Crippen LogP contribution in [0.1, 0.15) is 26.4 Å². The van der Waals surface area contributed by atoms with Crippen LogP contribution in [0.3, 0.4) is 0 Å². The van der Waals surface area contributed by atoms with Crippen LogP contribution >= 0.6 is 0 Å². The van der Waals surface area contributed by atoms with Crippen LogP contribution < -0.4 is 15.4 Å². The summed E-state index contributed by atoms with van der Waals surface area (Å²) in [5.74, 6) is 0.419. The minimum Gasteiger partial charge on any atom is -0.496 e. The normalized spacial score (nSPS) is 10.6. The molecule has 0 radical (unpaired) electrons. The number of hydrogen-bond donors (Lipinski definition) is 2. The van der Waals surface area contributed by atoms with Gasteiger partial charge in [0.05, 0.1) is 36.0 Å². The summed E-state index contributed by atoms with van der Waals surface area (Å²) < 4.78 is 12.3. The number of rotatable bonds is 9. The lowest BCUT2D eigenvalue weighted by atomic mass is 10.0. The summed E-state index contributed by atoms with van der Waals surface area (Å²) >= 11 is 0. The number of benzene rings is 1. The average Bonchev–Trinajstić information content (AvgIpc) is 3.23. The van der Waals surface area contributed by atoms with Crippen LogP contribution in [-0.2, 0) is 11.8 Å². The van der Waals surface area contributed by atoms with Crippen molar-refractivity contribution in [3.8, 4) is 22.9 Å². The molecule has 0 aliphatic heterocycles. The van der Waals surface area contributed by atoms with Gasteiger partial charge in [-0.2, -0.15) is 5.26 Å². The molecule has 0 bridgehead atoms. The molecular formula is C26H24N6O4. The van der Waals surface area contributed by atoms with E-state index in [9.17, 15) is 14.9 Å². The van der Waals surface area contributed by atoms with Crippen molar-refractivity contribution in [3.63, 3.8) is 0 Å². The van der Waals surface area contributed by atoms with E-state index in [1.54, 1.807) is 44.2 Å². The molecule has 0 spiro atoms. The molecule has 2 N–H and O–H groups in total. The lowest BCUT2D eigenvalue weighted by Gasteiger charge is -2.11. The maximum atomic E-state index is 13.2. The van der Waals surface area contributed by atoms with Crippen molar-refractivity contribution in [1.82, 2.24) is 14.5 Å². The number of aldehydes is 1. The van der Waals surface area contributed by atoms with Gasteiger partial charge in [0.25, 0.3) is 5.91 Å². The van der Waals surface area contributed by atoms with Crippen LogP contribution in [-0.4, -0.2) is 54.1 Å². The highest BCUT2D eigenvalue weighted by molar-refractivity contribution is 6.12.